The van der Waals surface area contributed by atoms with Gasteiger partial charge >= 0.3 is 5.97 Å². The predicted octanol–water partition coefficient (Wildman–Crippen LogP) is 1.69. The van der Waals surface area contributed by atoms with E-state index in [2.05, 4.69) is 4.72 Å². The van der Waals surface area contributed by atoms with Crippen molar-refractivity contribution >= 4 is 16.0 Å². The smallest absolute Gasteiger partial charge is 0.303 e. The molecule has 1 aromatic rings. The SMILES string of the molecule is Cc1cc(C)cc(S(=O)(=O)NCC(C)CC(=O)O)c1. The maximum absolute atomic E-state index is 12.1. The molecule has 0 bridgehead atoms. The highest BCUT2D eigenvalue weighted by atomic mass is 32.2. The number of sulfonamides is 1. The molecular formula is C13H19NO4S. The lowest BCUT2D eigenvalue weighted by Crippen LogP contribution is -2.29. The number of aliphatic carboxylic acids is 1. The van der Waals surface area contributed by atoms with Gasteiger partial charge in [-0.15, -0.1) is 0 Å². The second-order valence-electron chi connectivity index (χ2n) is 4.88. The zero-order valence-electron chi connectivity index (χ0n) is 11.3. The zero-order valence-corrected chi connectivity index (χ0v) is 12.1. The van der Waals surface area contributed by atoms with Crippen LogP contribution in [0.3, 0.4) is 0 Å². The summed E-state index contributed by atoms with van der Waals surface area (Å²) in [4.78, 5) is 10.7. The predicted molar refractivity (Wildman–Crippen MR) is 72.5 cm³/mol. The van der Waals surface area contributed by atoms with Crippen LogP contribution in [0, 0.1) is 19.8 Å². The summed E-state index contributed by atoms with van der Waals surface area (Å²) in [5, 5.41) is 8.63. The Kier molecular flexibility index (Phi) is 5.08. The second-order valence-corrected chi connectivity index (χ2v) is 6.65. The maximum Gasteiger partial charge on any atom is 0.303 e. The van der Waals surface area contributed by atoms with Crippen molar-refractivity contribution in [3.8, 4) is 0 Å². The van der Waals surface area contributed by atoms with E-state index in [-0.39, 0.29) is 23.8 Å². The summed E-state index contributed by atoms with van der Waals surface area (Å²) in [6.45, 7) is 5.47. The van der Waals surface area contributed by atoms with Crippen LogP contribution in [-0.2, 0) is 14.8 Å². The first-order valence-electron chi connectivity index (χ1n) is 6.00. The van der Waals surface area contributed by atoms with E-state index < -0.39 is 16.0 Å². The van der Waals surface area contributed by atoms with Crippen molar-refractivity contribution in [1.82, 2.24) is 4.72 Å². The van der Waals surface area contributed by atoms with Crippen LogP contribution in [0.4, 0.5) is 0 Å². The maximum atomic E-state index is 12.1. The molecule has 19 heavy (non-hydrogen) atoms. The monoisotopic (exact) mass is 285 g/mol. The Morgan fingerprint density at radius 3 is 2.26 bits per heavy atom. The van der Waals surface area contributed by atoms with Gasteiger partial charge in [0, 0.05) is 13.0 Å². The van der Waals surface area contributed by atoms with Crippen LogP contribution < -0.4 is 4.72 Å². The fourth-order valence-electron chi connectivity index (χ4n) is 1.79. The Labute approximate surface area is 113 Å². The standard InChI is InChI=1S/C13H19NO4S/c1-9-4-10(2)6-12(5-9)19(17,18)14-8-11(3)7-13(15)16/h4-6,11,14H,7-8H2,1-3H3,(H,15,16). The Morgan fingerprint density at radius 1 is 1.26 bits per heavy atom. The number of carboxylic acids is 1. The van der Waals surface area contributed by atoms with Gasteiger partial charge in [-0.2, -0.15) is 0 Å². The van der Waals surface area contributed by atoms with E-state index in [1.165, 1.54) is 0 Å². The average Bonchev–Trinajstić information content (AvgIpc) is 2.24. The number of aryl methyl sites for hydroxylation is 2. The van der Waals surface area contributed by atoms with Gasteiger partial charge in [0.2, 0.25) is 10.0 Å². The highest BCUT2D eigenvalue weighted by molar-refractivity contribution is 7.89. The van der Waals surface area contributed by atoms with E-state index in [1.54, 1.807) is 19.1 Å². The Hall–Kier alpha value is -1.40. The molecule has 0 saturated heterocycles. The van der Waals surface area contributed by atoms with Gasteiger partial charge in [-0.3, -0.25) is 4.79 Å². The molecule has 5 nitrogen and oxygen atoms in total. The Bertz CT molecular complexity index is 546. The molecule has 0 heterocycles. The molecule has 106 valence electrons. The molecule has 0 saturated carbocycles. The third-order valence-corrected chi connectivity index (χ3v) is 4.05. The molecule has 1 unspecified atom stereocenters. The average molecular weight is 285 g/mol. The van der Waals surface area contributed by atoms with Crippen LogP contribution in [0.2, 0.25) is 0 Å². The van der Waals surface area contributed by atoms with Gasteiger partial charge in [0.1, 0.15) is 0 Å². The summed E-state index contributed by atoms with van der Waals surface area (Å²) in [7, 11) is -3.58. The fraction of sp³-hybridized carbons (Fsp3) is 0.462. The summed E-state index contributed by atoms with van der Waals surface area (Å²) < 4.78 is 26.6. The molecule has 1 rings (SSSR count). The highest BCUT2D eigenvalue weighted by Gasteiger charge is 2.16. The van der Waals surface area contributed by atoms with Crippen LogP contribution in [0.15, 0.2) is 23.1 Å². The van der Waals surface area contributed by atoms with Gasteiger partial charge in [-0.1, -0.05) is 13.0 Å². The normalized spacial score (nSPS) is 13.2. The quantitative estimate of drug-likeness (QED) is 0.833. The molecule has 1 aromatic carbocycles. The molecule has 0 aliphatic heterocycles. The van der Waals surface area contributed by atoms with E-state index in [0.717, 1.165) is 11.1 Å². The van der Waals surface area contributed by atoms with Crippen molar-refractivity contribution in [3.63, 3.8) is 0 Å². The van der Waals surface area contributed by atoms with Crippen molar-refractivity contribution in [2.24, 2.45) is 5.92 Å². The van der Waals surface area contributed by atoms with E-state index in [9.17, 15) is 13.2 Å². The molecule has 0 radical (unpaired) electrons. The molecule has 0 aliphatic carbocycles. The van der Waals surface area contributed by atoms with E-state index in [4.69, 9.17) is 5.11 Å². The van der Waals surface area contributed by atoms with Gasteiger partial charge in [0.15, 0.2) is 0 Å². The molecule has 0 spiro atoms. The molecule has 0 amide bonds. The summed E-state index contributed by atoms with van der Waals surface area (Å²) in [5.41, 5.74) is 1.75. The third kappa shape index (κ3) is 5.00. The van der Waals surface area contributed by atoms with Crippen molar-refractivity contribution in [3.05, 3.63) is 29.3 Å². The zero-order chi connectivity index (χ0) is 14.6. The number of carbonyl (C=O) groups is 1. The lowest BCUT2D eigenvalue weighted by molar-refractivity contribution is -0.137. The molecule has 0 aromatic heterocycles. The third-order valence-electron chi connectivity index (χ3n) is 2.65. The molecule has 1 atom stereocenters. The first-order chi connectivity index (χ1) is 8.70. The summed E-state index contributed by atoms with van der Waals surface area (Å²) in [6, 6.07) is 5.08. The van der Waals surface area contributed by atoms with Gasteiger partial charge in [-0.25, -0.2) is 13.1 Å². The minimum Gasteiger partial charge on any atom is -0.481 e. The largest absolute Gasteiger partial charge is 0.481 e. The first kappa shape index (κ1) is 15.7. The van der Waals surface area contributed by atoms with Crippen LogP contribution >= 0.6 is 0 Å². The highest BCUT2D eigenvalue weighted by Crippen LogP contribution is 2.14. The number of hydrogen-bond donors (Lipinski definition) is 2. The molecule has 0 aliphatic rings. The van der Waals surface area contributed by atoms with Crippen LogP contribution in [-0.4, -0.2) is 26.0 Å². The van der Waals surface area contributed by atoms with Crippen molar-refractivity contribution in [1.29, 1.82) is 0 Å². The molecule has 2 N–H and O–H groups in total. The van der Waals surface area contributed by atoms with Gasteiger partial charge in [-0.05, 0) is 43.0 Å². The molecule has 0 fully saturated rings. The van der Waals surface area contributed by atoms with Gasteiger partial charge in [0.05, 0.1) is 4.90 Å². The number of hydrogen-bond acceptors (Lipinski definition) is 3. The van der Waals surface area contributed by atoms with E-state index >= 15 is 0 Å². The second kappa shape index (κ2) is 6.16. The van der Waals surface area contributed by atoms with Crippen LogP contribution in [0.1, 0.15) is 24.5 Å². The number of carboxylic acid groups (broad SMARTS) is 1. The lowest BCUT2D eigenvalue weighted by atomic mass is 10.1. The number of benzene rings is 1. The molecule has 6 heteroatoms. The van der Waals surface area contributed by atoms with E-state index in [0.29, 0.717) is 0 Å². The van der Waals surface area contributed by atoms with Crippen molar-refractivity contribution in [2.45, 2.75) is 32.1 Å². The van der Waals surface area contributed by atoms with Crippen LogP contribution in [0.25, 0.3) is 0 Å². The first-order valence-corrected chi connectivity index (χ1v) is 7.49. The number of nitrogens with one attached hydrogen (secondary N) is 1. The summed E-state index contributed by atoms with van der Waals surface area (Å²) in [5.74, 6) is -1.18. The fourth-order valence-corrected chi connectivity index (χ4v) is 3.15. The minimum absolute atomic E-state index is 0.0602. The Morgan fingerprint density at radius 2 is 1.79 bits per heavy atom. The summed E-state index contributed by atoms with van der Waals surface area (Å²) in [6.07, 6.45) is -0.0602. The van der Waals surface area contributed by atoms with E-state index in [1.807, 2.05) is 19.9 Å². The van der Waals surface area contributed by atoms with Crippen LogP contribution in [0.5, 0.6) is 0 Å². The van der Waals surface area contributed by atoms with Crippen molar-refractivity contribution < 1.29 is 18.3 Å². The minimum atomic E-state index is -3.58. The van der Waals surface area contributed by atoms with Gasteiger partial charge in [0.25, 0.3) is 0 Å². The Balaban J connectivity index is 2.78. The summed E-state index contributed by atoms with van der Waals surface area (Å²) >= 11 is 0. The van der Waals surface area contributed by atoms with Crippen molar-refractivity contribution in [2.75, 3.05) is 6.54 Å². The number of rotatable bonds is 6. The lowest BCUT2D eigenvalue weighted by Gasteiger charge is -2.12. The van der Waals surface area contributed by atoms with Gasteiger partial charge < -0.3 is 5.11 Å². The molecular weight excluding hydrogens is 266 g/mol. The topological polar surface area (TPSA) is 83.5 Å².